The summed E-state index contributed by atoms with van der Waals surface area (Å²) in [6.07, 6.45) is 8.77. The normalized spacial score (nSPS) is 18.2. The van der Waals surface area contributed by atoms with Crippen molar-refractivity contribution in [3.05, 3.63) is 42.0 Å². The smallest absolute Gasteiger partial charge is 0.243 e. The van der Waals surface area contributed by atoms with Crippen molar-refractivity contribution < 1.29 is 17.0 Å². The average molecular weight is 476 g/mol. The van der Waals surface area contributed by atoms with Crippen LogP contribution in [0.4, 0.5) is 11.4 Å². The Hall–Kier alpha value is -1.25. The maximum absolute atomic E-state index is 6.77. The maximum atomic E-state index is 6.77. The van der Waals surface area contributed by atoms with Gasteiger partial charge in [0.25, 0.3) is 0 Å². The molecule has 2 unspecified atom stereocenters. The molecule has 3 rings (SSSR count). The molecular weight excluding hydrogens is 436 g/mol. The molecule has 1 fully saturated rings. The molecule has 2 N–H and O–H groups in total. The summed E-state index contributed by atoms with van der Waals surface area (Å²) in [6, 6.07) is 6.54. The van der Waals surface area contributed by atoms with Gasteiger partial charge in [0.05, 0.1) is 13.6 Å². The van der Waals surface area contributed by atoms with E-state index in [2.05, 4.69) is 103 Å². The molecule has 0 spiro atoms. The van der Waals surface area contributed by atoms with Gasteiger partial charge in [0.1, 0.15) is 18.4 Å². The molecule has 0 saturated carbocycles. The lowest BCUT2D eigenvalue weighted by molar-refractivity contribution is -0.671. The lowest BCUT2D eigenvalue weighted by atomic mass is 9.86. The third-order valence-electron chi connectivity index (χ3n) is 6.72. The van der Waals surface area contributed by atoms with Crippen molar-refractivity contribution in [2.45, 2.75) is 76.3 Å². The van der Waals surface area contributed by atoms with Crippen molar-refractivity contribution in [1.29, 1.82) is 0 Å². The number of nitrogens with two attached hydrogens (primary N) is 1. The molecule has 31 heavy (non-hydrogen) atoms. The van der Waals surface area contributed by atoms with Crippen LogP contribution >= 0.6 is 0 Å². The topological polar surface area (TPSA) is 38.1 Å². The van der Waals surface area contributed by atoms with Crippen molar-refractivity contribution in [3.8, 4) is 0 Å². The van der Waals surface area contributed by atoms with Crippen molar-refractivity contribution >= 4 is 29.7 Å². The second-order valence-corrected chi connectivity index (χ2v) is 17.9. The van der Waals surface area contributed by atoms with Gasteiger partial charge in [-0.25, -0.2) is 9.13 Å². The molecule has 0 aliphatic carbocycles. The Kier molecular flexibility index (Phi) is 8.15. The number of aryl methyl sites for hydroxylation is 2. The number of benzene rings is 1. The SMILES string of the molecule is CC(c1cc(N2CCC(n3cc[n+](C)c3)C2)cc(CC[Si](C)(C)C)c1N)C(C)(C)[Si].[Cl-]. The van der Waals surface area contributed by atoms with Gasteiger partial charge in [0, 0.05) is 42.7 Å². The van der Waals surface area contributed by atoms with Crippen LogP contribution in [-0.4, -0.2) is 36.0 Å². The molecule has 1 aliphatic rings. The number of nitrogens with zero attached hydrogens (tertiary/aromatic N) is 3. The fraction of sp³-hybridized carbons (Fsp3) is 0.625. The number of halogens is 1. The summed E-state index contributed by atoms with van der Waals surface area (Å²) < 4.78 is 4.48. The van der Waals surface area contributed by atoms with E-state index < -0.39 is 8.07 Å². The molecule has 3 radical (unpaired) electrons. The minimum Gasteiger partial charge on any atom is -1.00 e. The minimum atomic E-state index is -1.13. The van der Waals surface area contributed by atoms with Gasteiger partial charge in [0.15, 0.2) is 0 Å². The zero-order valence-corrected chi connectivity index (χ0v) is 23.1. The Bertz CT molecular complexity index is 883. The van der Waals surface area contributed by atoms with E-state index in [1.807, 2.05) is 0 Å². The second-order valence-electron chi connectivity index (χ2n) is 11.0. The predicted octanol–water partition coefficient (Wildman–Crippen LogP) is 1.70. The van der Waals surface area contributed by atoms with Crippen LogP contribution in [0.25, 0.3) is 0 Å². The van der Waals surface area contributed by atoms with E-state index in [1.54, 1.807) is 0 Å². The van der Waals surface area contributed by atoms with Gasteiger partial charge in [-0.3, -0.25) is 0 Å². The van der Waals surface area contributed by atoms with Gasteiger partial charge >= 0.3 is 0 Å². The third-order valence-corrected chi connectivity index (χ3v) is 8.90. The van der Waals surface area contributed by atoms with E-state index in [4.69, 9.17) is 5.73 Å². The lowest BCUT2D eigenvalue weighted by Gasteiger charge is -2.31. The second kappa shape index (κ2) is 9.71. The van der Waals surface area contributed by atoms with Crippen LogP contribution < -0.4 is 27.6 Å². The summed E-state index contributed by atoms with van der Waals surface area (Å²) in [6.45, 7) is 16.2. The van der Waals surface area contributed by atoms with E-state index >= 15 is 0 Å². The van der Waals surface area contributed by atoms with Gasteiger partial charge in [0.2, 0.25) is 6.33 Å². The number of imidazole rings is 1. The van der Waals surface area contributed by atoms with E-state index in [-0.39, 0.29) is 17.4 Å². The first kappa shape index (κ1) is 26.0. The molecule has 4 nitrogen and oxygen atoms in total. The van der Waals surface area contributed by atoms with Crippen molar-refractivity contribution in [3.63, 3.8) is 0 Å². The number of hydrogen-bond donors (Lipinski definition) is 1. The van der Waals surface area contributed by atoms with E-state index in [9.17, 15) is 0 Å². The zero-order valence-electron chi connectivity index (χ0n) is 20.4. The van der Waals surface area contributed by atoms with Gasteiger partial charge < -0.3 is 23.0 Å². The third kappa shape index (κ3) is 6.39. The zero-order chi connectivity index (χ0) is 22.3. The van der Waals surface area contributed by atoms with Gasteiger partial charge in [-0.05, 0) is 40.6 Å². The standard InChI is InChI=1S/C24H40N4Si2.ClH/c1-18(24(2,3)29)22-15-21(14-19(23(22)25)9-13-30(5,6)7)27-10-8-20(16-27)28-12-11-26(4)17-28;/h11-12,14-15,17-18,20H,8-10,13,16,25H2,1-7H3;1H/q+1;/p-1. The van der Waals surface area contributed by atoms with Crippen LogP contribution in [0.3, 0.4) is 0 Å². The fourth-order valence-electron chi connectivity index (χ4n) is 4.27. The van der Waals surface area contributed by atoms with Crippen LogP contribution in [0.1, 0.15) is 50.3 Å². The Balaban J connectivity index is 0.00000341. The Morgan fingerprint density at radius 3 is 2.52 bits per heavy atom. The van der Waals surface area contributed by atoms with E-state index in [0.29, 0.717) is 12.0 Å². The number of hydrogen-bond acceptors (Lipinski definition) is 2. The van der Waals surface area contributed by atoms with Gasteiger partial charge in [-0.2, -0.15) is 0 Å². The average Bonchev–Trinajstić information content (AvgIpc) is 3.27. The summed E-state index contributed by atoms with van der Waals surface area (Å²) in [5.41, 5.74) is 11.7. The molecule has 2 atom stereocenters. The fourth-order valence-corrected chi connectivity index (χ4v) is 5.45. The number of aromatic nitrogens is 2. The summed E-state index contributed by atoms with van der Waals surface area (Å²) in [5, 5.41) is -0.00374. The first-order valence-corrected chi connectivity index (χ1v) is 15.5. The highest BCUT2D eigenvalue weighted by molar-refractivity contribution is 6.76. The highest BCUT2D eigenvalue weighted by Gasteiger charge is 2.30. The number of rotatable bonds is 7. The van der Waals surface area contributed by atoms with Gasteiger partial charge in [-0.15, -0.1) is 0 Å². The molecule has 171 valence electrons. The highest BCUT2D eigenvalue weighted by atomic mass is 35.5. The molecule has 0 bridgehead atoms. The largest absolute Gasteiger partial charge is 1.00 e. The van der Waals surface area contributed by atoms with Crippen LogP contribution in [0, 0.1) is 0 Å². The summed E-state index contributed by atoms with van der Waals surface area (Å²) in [7, 11) is 4.91. The molecule has 2 heterocycles. The van der Waals surface area contributed by atoms with Crippen LogP contribution in [0.15, 0.2) is 30.9 Å². The van der Waals surface area contributed by atoms with Crippen molar-refractivity contribution in [1.82, 2.24) is 4.57 Å². The molecule has 1 aromatic heterocycles. The predicted molar refractivity (Wildman–Crippen MR) is 132 cm³/mol. The van der Waals surface area contributed by atoms with Gasteiger partial charge in [-0.1, -0.05) is 46.5 Å². The molecule has 0 amide bonds. The maximum Gasteiger partial charge on any atom is 0.243 e. The molecule has 1 aliphatic heterocycles. The molecular formula is C24H40ClN4Si2. The Morgan fingerprint density at radius 2 is 1.97 bits per heavy atom. The molecule has 1 aromatic carbocycles. The van der Waals surface area contributed by atoms with Crippen LogP contribution in [0.2, 0.25) is 30.7 Å². The minimum absolute atomic E-state index is 0. The number of anilines is 2. The van der Waals surface area contributed by atoms with E-state index in [1.165, 1.54) is 29.3 Å². The summed E-state index contributed by atoms with van der Waals surface area (Å²) >= 11 is 0. The van der Waals surface area contributed by atoms with Crippen molar-refractivity contribution in [2.24, 2.45) is 7.05 Å². The highest BCUT2D eigenvalue weighted by Crippen LogP contribution is 2.44. The summed E-state index contributed by atoms with van der Waals surface area (Å²) in [4.78, 5) is 2.55. The Morgan fingerprint density at radius 1 is 1.29 bits per heavy atom. The molecule has 7 heteroatoms. The summed E-state index contributed by atoms with van der Waals surface area (Å²) in [5.74, 6) is 0.335. The monoisotopic (exact) mass is 475 g/mol. The number of nitrogen functional groups attached to an aromatic ring is 1. The van der Waals surface area contributed by atoms with Crippen LogP contribution in [-0.2, 0) is 13.5 Å². The van der Waals surface area contributed by atoms with Crippen LogP contribution in [0.5, 0.6) is 0 Å². The first-order valence-electron chi connectivity index (χ1n) is 11.3. The lowest BCUT2D eigenvalue weighted by Crippen LogP contribution is -3.00. The van der Waals surface area contributed by atoms with E-state index in [0.717, 1.165) is 25.2 Å². The molecule has 2 aromatic rings. The van der Waals surface area contributed by atoms with Crippen molar-refractivity contribution in [2.75, 3.05) is 23.7 Å². The first-order chi connectivity index (χ1) is 13.8. The molecule has 1 saturated heterocycles. The Labute approximate surface area is 200 Å². The quantitative estimate of drug-likeness (QED) is 0.376.